The van der Waals surface area contributed by atoms with Gasteiger partial charge in [-0.15, -0.1) is 11.3 Å². The van der Waals surface area contributed by atoms with E-state index in [1.165, 1.54) is 0 Å². The van der Waals surface area contributed by atoms with E-state index in [1.807, 2.05) is 23.4 Å². The number of hydrogen-bond acceptors (Lipinski definition) is 6. The number of anilines is 1. The summed E-state index contributed by atoms with van der Waals surface area (Å²) in [6.07, 6.45) is 2.00. The maximum atomic E-state index is 12.3. The molecule has 1 amide bonds. The molecule has 3 rings (SSSR count). The quantitative estimate of drug-likeness (QED) is 0.814. The van der Waals surface area contributed by atoms with Gasteiger partial charge in [0.15, 0.2) is 5.13 Å². The van der Waals surface area contributed by atoms with Gasteiger partial charge in [0.2, 0.25) is 5.91 Å². The van der Waals surface area contributed by atoms with E-state index >= 15 is 0 Å². The number of carbonyl (C=O) groups is 1. The highest BCUT2D eigenvalue weighted by Crippen LogP contribution is 2.18. The van der Waals surface area contributed by atoms with Crippen LogP contribution < -0.4 is 4.90 Å². The van der Waals surface area contributed by atoms with E-state index in [4.69, 9.17) is 4.74 Å². The van der Waals surface area contributed by atoms with Gasteiger partial charge in [0, 0.05) is 50.8 Å². The van der Waals surface area contributed by atoms with Crippen molar-refractivity contribution in [2.75, 3.05) is 57.3 Å². The van der Waals surface area contributed by atoms with Crippen LogP contribution in [0, 0.1) is 0 Å². The Morgan fingerprint density at radius 3 is 2.86 bits per heavy atom. The second-order valence-corrected chi connectivity index (χ2v) is 6.47. The minimum atomic E-state index is 0.157. The molecule has 1 aromatic heterocycles. The Hall–Kier alpha value is -1.18. The zero-order chi connectivity index (χ0) is 14.7. The maximum Gasteiger partial charge on any atom is 0.236 e. The molecule has 6 nitrogen and oxygen atoms in total. The summed E-state index contributed by atoms with van der Waals surface area (Å²) in [6.45, 7) is 8.38. The van der Waals surface area contributed by atoms with Crippen molar-refractivity contribution in [1.29, 1.82) is 0 Å². The fourth-order valence-corrected chi connectivity index (χ4v) is 3.50. The molecule has 0 N–H and O–H groups in total. The van der Waals surface area contributed by atoms with Crippen LogP contribution in [0.2, 0.25) is 0 Å². The van der Waals surface area contributed by atoms with Gasteiger partial charge in [-0.1, -0.05) is 0 Å². The van der Waals surface area contributed by atoms with Gasteiger partial charge in [-0.05, 0) is 6.92 Å². The van der Waals surface area contributed by atoms with E-state index < -0.39 is 0 Å². The first-order valence-corrected chi connectivity index (χ1v) is 8.36. The molecule has 0 aromatic carbocycles. The van der Waals surface area contributed by atoms with Crippen molar-refractivity contribution in [3.05, 3.63) is 11.6 Å². The molecule has 7 heteroatoms. The Kier molecular flexibility index (Phi) is 4.72. The van der Waals surface area contributed by atoms with E-state index in [2.05, 4.69) is 14.8 Å². The SMILES string of the molecule is C[C@@H]1CN(C(=O)CN2CCN(c3nccs3)CC2)CCO1. The predicted molar refractivity (Wildman–Crippen MR) is 82.8 cm³/mol. The predicted octanol–water partition coefficient (Wildman–Crippen LogP) is 0.512. The Balaban J connectivity index is 1.45. The topological polar surface area (TPSA) is 48.9 Å². The average Bonchev–Trinajstić information content (AvgIpc) is 3.02. The summed E-state index contributed by atoms with van der Waals surface area (Å²) in [5.41, 5.74) is 0. The third-order valence-corrected chi connectivity index (χ3v) is 4.85. The first-order valence-electron chi connectivity index (χ1n) is 7.48. The molecule has 1 atom stereocenters. The summed E-state index contributed by atoms with van der Waals surface area (Å²) >= 11 is 1.67. The lowest BCUT2D eigenvalue weighted by atomic mass is 10.2. The van der Waals surface area contributed by atoms with Crippen LogP contribution in [0.25, 0.3) is 0 Å². The van der Waals surface area contributed by atoms with Gasteiger partial charge in [0.25, 0.3) is 0 Å². The van der Waals surface area contributed by atoms with E-state index in [0.29, 0.717) is 13.2 Å². The van der Waals surface area contributed by atoms with Crippen LogP contribution in [0.5, 0.6) is 0 Å². The number of carbonyl (C=O) groups excluding carboxylic acids is 1. The van der Waals surface area contributed by atoms with Gasteiger partial charge < -0.3 is 14.5 Å². The standard InChI is InChI=1S/C14H22N4O2S/c1-12-10-18(7-8-20-12)13(19)11-16-3-5-17(6-4-16)14-15-2-9-21-14/h2,9,12H,3-8,10-11H2,1H3/t12-/m1/s1. The molecule has 2 saturated heterocycles. The van der Waals surface area contributed by atoms with Crippen molar-refractivity contribution in [2.24, 2.45) is 0 Å². The number of hydrogen-bond donors (Lipinski definition) is 0. The molecular formula is C14H22N4O2S. The van der Waals surface area contributed by atoms with E-state index in [1.54, 1.807) is 11.3 Å². The first-order chi connectivity index (χ1) is 10.2. The smallest absolute Gasteiger partial charge is 0.236 e. The molecule has 116 valence electrons. The van der Waals surface area contributed by atoms with Crippen LogP contribution in [0.4, 0.5) is 5.13 Å². The number of thiazole rings is 1. The number of ether oxygens (including phenoxy) is 1. The van der Waals surface area contributed by atoms with Gasteiger partial charge in [0.05, 0.1) is 19.3 Å². The lowest BCUT2D eigenvalue weighted by Crippen LogP contribution is -2.52. The summed E-state index contributed by atoms with van der Waals surface area (Å²) in [7, 11) is 0. The molecule has 2 aliphatic heterocycles. The summed E-state index contributed by atoms with van der Waals surface area (Å²) in [6, 6.07) is 0. The van der Waals surface area contributed by atoms with Crippen molar-refractivity contribution in [3.8, 4) is 0 Å². The Morgan fingerprint density at radius 1 is 1.38 bits per heavy atom. The molecular weight excluding hydrogens is 288 g/mol. The fourth-order valence-electron chi connectivity index (χ4n) is 2.81. The maximum absolute atomic E-state index is 12.3. The van der Waals surface area contributed by atoms with Crippen molar-refractivity contribution in [2.45, 2.75) is 13.0 Å². The van der Waals surface area contributed by atoms with Crippen LogP contribution in [0.15, 0.2) is 11.6 Å². The number of nitrogens with zero attached hydrogens (tertiary/aromatic N) is 4. The van der Waals surface area contributed by atoms with Gasteiger partial charge in [-0.2, -0.15) is 0 Å². The minimum Gasteiger partial charge on any atom is -0.375 e. The largest absolute Gasteiger partial charge is 0.375 e. The Labute approximate surface area is 129 Å². The van der Waals surface area contributed by atoms with E-state index in [-0.39, 0.29) is 12.0 Å². The van der Waals surface area contributed by atoms with Crippen LogP contribution in [0.1, 0.15) is 6.92 Å². The summed E-state index contributed by atoms with van der Waals surface area (Å²) in [4.78, 5) is 23.1. The van der Waals surface area contributed by atoms with Crippen molar-refractivity contribution in [3.63, 3.8) is 0 Å². The number of amides is 1. The number of piperazine rings is 1. The fraction of sp³-hybridized carbons (Fsp3) is 0.714. The van der Waals surface area contributed by atoms with E-state index in [0.717, 1.165) is 44.4 Å². The lowest BCUT2D eigenvalue weighted by Gasteiger charge is -2.36. The average molecular weight is 310 g/mol. The molecule has 2 fully saturated rings. The summed E-state index contributed by atoms with van der Waals surface area (Å²) in [5, 5.41) is 3.09. The van der Waals surface area contributed by atoms with Crippen LogP contribution in [0.3, 0.4) is 0 Å². The molecule has 0 spiro atoms. The second-order valence-electron chi connectivity index (χ2n) is 5.60. The molecule has 0 bridgehead atoms. The van der Waals surface area contributed by atoms with Crippen molar-refractivity contribution in [1.82, 2.24) is 14.8 Å². The highest BCUT2D eigenvalue weighted by Gasteiger charge is 2.25. The van der Waals surface area contributed by atoms with Crippen molar-refractivity contribution < 1.29 is 9.53 Å². The summed E-state index contributed by atoms with van der Waals surface area (Å²) in [5.74, 6) is 0.229. The normalized spacial score (nSPS) is 24.3. The van der Waals surface area contributed by atoms with Crippen molar-refractivity contribution >= 4 is 22.4 Å². The zero-order valence-electron chi connectivity index (χ0n) is 12.4. The van der Waals surface area contributed by atoms with E-state index in [9.17, 15) is 4.79 Å². The molecule has 0 aliphatic carbocycles. The van der Waals surface area contributed by atoms with Crippen LogP contribution in [-0.4, -0.2) is 79.2 Å². The molecule has 3 heterocycles. The highest BCUT2D eigenvalue weighted by molar-refractivity contribution is 7.13. The third-order valence-electron chi connectivity index (χ3n) is 4.01. The lowest BCUT2D eigenvalue weighted by molar-refractivity contribution is -0.139. The molecule has 1 aromatic rings. The van der Waals surface area contributed by atoms with Crippen LogP contribution >= 0.6 is 11.3 Å². The highest BCUT2D eigenvalue weighted by atomic mass is 32.1. The number of morpholine rings is 1. The monoisotopic (exact) mass is 310 g/mol. The van der Waals surface area contributed by atoms with Gasteiger partial charge in [-0.3, -0.25) is 9.69 Å². The number of aromatic nitrogens is 1. The van der Waals surface area contributed by atoms with Crippen LogP contribution in [-0.2, 0) is 9.53 Å². The van der Waals surface area contributed by atoms with Gasteiger partial charge >= 0.3 is 0 Å². The van der Waals surface area contributed by atoms with Gasteiger partial charge in [-0.25, -0.2) is 4.98 Å². The third kappa shape index (κ3) is 3.72. The Bertz CT molecular complexity index is 460. The zero-order valence-corrected chi connectivity index (χ0v) is 13.2. The molecule has 2 aliphatic rings. The first kappa shape index (κ1) is 14.7. The molecule has 21 heavy (non-hydrogen) atoms. The number of rotatable bonds is 3. The Morgan fingerprint density at radius 2 is 2.19 bits per heavy atom. The van der Waals surface area contributed by atoms with Gasteiger partial charge in [0.1, 0.15) is 0 Å². The minimum absolute atomic E-state index is 0.157. The molecule has 0 radical (unpaired) electrons. The molecule has 0 saturated carbocycles. The second kappa shape index (κ2) is 6.72. The molecule has 0 unspecified atom stereocenters. The summed E-state index contributed by atoms with van der Waals surface area (Å²) < 4.78 is 5.48.